The molecule has 29 heavy (non-hydrogen) atoms. The molecule has 0 bridgehead atoms. The number of aromatic nitrogens is 2. The molecular formula is C21H20FN5OS. The number of amides is 1. The van der Waals surface area contributed by atoms with Crippen LogP contribution in [0.4, 0.5) is 15.8 Å². The normalized spacial score (nSPS) is 12.1. The summed E-state index contributed by atoms with van der Waals surface area (Å²) in [6.07, 6.45) is 3.53. The Kier molecular flexibility index (Phi) is 5.55. The minimum atomic E-state index is -0.351. The molecule has 0 radical (unpaired) electrons. The Morgan fingerprint density at radius 3 is 2.97 bits per heavy atom. The number of H-pyrrole nitrogens is 1. The van der Waals surface area contributed by atoms with Crippen LogP contribution in [0, 0.1) is 5.82 Å². The molecule has 0 aliphatic carbocycles. The van der Waals surface area contributed by atoms with Crippen molar-refractivity contribution < 1.29 is 9.18 Å². The fraction of sp³-hybridized carbons (Fsp3) is 0.143. The number of thiophene rings is 1. The molecule has 4 N–H and O–H groups in total. The summed E-state index contributed by atoms with van der Waals surface area (Å²) in [5, 5.41) is 12.2. The van der Waals surface area contributed by atoms with Crippen molar-refractivity contribution >= 4 is 39.7 Å². The van der Waals surface area contributed by atoms with E-state index in [1.54, 1.807) is 25.4 Å². The van der Waals surface area contributed by atoms with E-state index in [9.17, 15) is 9.18 Å². The van der Waals surface area contributed by atoms with Gasteiger partial charge in [-0.1, -0.05) is 12.1 Å². The predicted octanol–water partition coefficient (Wildman–Crippen LogP) is 4.20. The summed E-state index contributed by atoms with van der Waals surface area (Å²) in [5.74, 6) is -0.545. The first kappa shape index (κ1) is 19.1. The molecule has 3 aromatic heterocycles. The van der Waals surface area contributed by atoms with Gasteiger partial charge in [0.1, 0.15) is 16.3 Å². The number of carbonyl (C=O) groups excluding carboxylic acids is 1. The molecule has 0 aliphatic rings. The van der Waals surface area contributed by atoms with Crippen LogP contribution in [0.2, 0.25) is 0 Å². The van der Waals surface area contributed by atoms with Crippen molar-refractivity contribution in [3.63, 3.8) is 0 Å². The van der Waals surface area contributed by atoms with Gasteiger partial charge in [-0.05, 0) is 48.3 Å². The average molecular weight is 409 g/mol. The van der Waals surface area contributed by atoms with Crippen LogP contribution in [0.15, 0.2) is 60.2 Å². The molecular weight excluding hydrogens is 389 g/mol. The largest absolute Gasteiger partial charge is 0.354 e. The van der Waals surface area contributed by atoms with E-state index >= 15 is 0 Å². The molecule has 8 heteroatoms. The van der Waals surface area contributed by atoms with Crippen molar-refractivity contribution in [3.05, 3.63) is 76.5 Å². The summed E-state index contributed by atoms with van der Waals surface area (Å²) in [6.45, 7) is 0.484. The van der Waals surface area contributed by atoms with Crippen LogP contribution in [-0.4, -0.2) is 29.5 Å². The number of halogens is 1. The standard InChI is InChI=1S/C21H20FN5OS/c1-23-12-18(13-3-2-4-14(22)11-13)27-21(28)19-17(7-10-29-19)26-16-6-9-25-20-15(16)5-8-24-20/h2-11,18,23H,12H2,1H3,(H,27,28)(H2,24,25,26). The summed E-state index contributed by atoms with van der Waals surface area (Å²) >= 11 is 1.35. The maximum Gasteiger partial charge on any atom is 0.264 e. The van der Waals surface area contributed by atoms with E-state index < -0.39 is 0 Å². The molecule has 1 aromatic carbocycles. The maximum absolute atomic E-state index is 13.6. The van der Waals surface area contributed by atoms with Gasteiger partial charge in [0.15, 0.2) is 0 Å². The second-order valence-corrected chi connectivity index (χ2v) is 7.44. The van der Waals surface area contributed by atoms with E-state index in [0.717, 1.165) is 16.7 Å². The third kappa shape index (κ3) is 4.13. The van der Waals surface area contributed by atoms with E-state index in [4.69, 9.17) is 0 Å². The molecule has 1 unspecified atom stereocenters. The van der Waals surface area contributed by atoms with Gasteiger partial charge in [-0.2, -0.15) is 0 Å². The first-order valence-corrected chi connectivity index (χ1v) is 10.0. The lowest BCUT2D eigenvalue weighted by molar-refractivity contribution is 0.0941. The van der Waals surface area contributed by atoms with Crippen molar-refractivity contribution in [2.75, 3.05) is 18.9 Å². The molecule has 6 nitrogen and oxygen atoms in total. The molecule has 0 fully saturated rings. The maximum atomic E-state index is 13.6. The van der Waals surface area contributed by atoms with Crippen LogP contribution in [0.1, 0.15) is 21.3 Å². The highest BCUT2D eigenvalue weighted by Gasteiger charge is 2.19. The Labute approximate surface area is 171 Å². The van der Waals surface area contributed by atoms with Gasteiger partial charge in [-0.3, -0.25) is 4.79 Å². The summed E-state index contributed by atoms with van der Waals surface area (Å²) in [7, 11) is 1.79. The zero-order valence-corrected chi connectivity index (χ0v) is 16.5. The Morgan fingerprint density at radius 1 is 1.24 bits per heavy atom. The van der Waals surface area contributed by atoms with Gasteiger partial charge in [0.25, 0.3) is 5.91 Å². The molecule has 0 saturated carbocycles. The zero-order valence-electron chi connectivity index (χ0n) is 15.7. The van der Waals surface area contributed by atoms with Gasteiger partial charge in [0.2, 0.25) is 0 Å². The number of carbonyl (C=O) groups is 1. The Balaban J connectivity index is 1.56. The second kappa shape index (κ2) is 8.42. The van der Waals surface area contributed by atoms with Crippen LogP contribution < -0.4 is 16.0 Å². The lowest BCUT2D eigenvalue weighted by atomic mass is 10.1. The number of nitrogens with one attached hydrogen (secondary N) is 4. The van der Waals surface area contributed by atoms with E-state index in [0.29, 0.717) is 22.7 Å². The molecule has 0 saturated heterocycles. The number of likely N-dealkylation sites (N-methyl/N-ethyl adjacent to an activating group) is 1. The van der Waals surface area contributed by atoms with Crippen LogP contribution in [0.5, 0.6) is 0 Å². The van der Waals surface area contributed by atoms with Crippen LogP contribution in [0.3, 0.4) is 0 Å². The summed E-state index contributed by atoms with van der Waals surface area (Å²) in [6, 6.07) is 11.6. The highest BCUT2D eigenvalue weighted by Crippen LogP contribution is 2.30. The van der Waals surface area contributed by atoms with Gasteiger partial charge < -0.3 is 20.9 Å². The number of anilines is 2. The summed E-state index contributed by atoms with van der Waals surface area (Å²) < 4.78 is 13.6. The topological polar surface area (TPSA) is 81.8 Å². The van der Waals surface area contributed by atoms with Crippen molar-refractivity contribution in [3.8, 4) is 0 Å². The van der Waals surface area contributed by atoms with Crippen LogP contribution in [0.25, 0.3) is 11.0 Å². The Bertz CT molecular complexity index is 1140. The minimum Gasteiger partial charge on any atom is -0.354 e. The van der Waals surface area contributed by atoms with E-state index in [1.807, 2.05) is 29.8 Å². The number of nitrogens with zero attached hydrogens (tertiary/aromatic N) is 1. The lowest BCUT2D eigenvalue weighted by Crippen LogP contribution is -2.34. The number of hydrogen-bond acceptors (Lipinski definition) is 5. The number of pyridine rings is 1. The number of benzene rings is 1. The van der Waals surface area contributed by atoms with Crippen molar-refractivity contribution in [2.45, 2.75) is 6.04 Å². The van der Waals surface area contributed by atoms with Crippen LogP contribution >= 0.6 is 11.3 Å². The molecule has 1 amide bonds. The quantitative estimate of drug-likeness (QED) is 0.369. The highest BCUT2D eigenvalue weighted by atomic mass is 32.1. The Morgan fingerprint density at radius 2 is 2.14 bits per heavy atom. The number of aromatic amines is 1. The first-order chi connectivity index (χ1) is 14.2. The third-order valence-electron chi connectivity index (χ3n) is 4.57. The predicted molar refractivity (Wildman–Crippen MR) is 114 cm³/mol. The summed E-state index contributed by atoms with van der Waals surface area (Å²) in [4.78, 5) is 20.9. The SMILES string of the molecule is CNCC(NC(=O)c1sccc1Nc1ccnc2[nH]ccc12)c1cccc(F)c1. The van der Waals surface area contributed by atoms with E-state index in [2.05, 4.69) is 25.9 Å². The monoisotopic (exact) mass is 409 g/mol. The van der Waals surface area contributed by atoms with E-state index in [-0.39, 0.29) is 17.8 Å². The van der Waals surface area contributed by atoms with Crippen LogP contribution in [-0.2, 0) is 0 Å². The molecule has 148 valence electrons. The number of fused-ring (bicyclic) bond motifs is 1. The third-order valence-corrected chi connectivity index (χ3v) is 5.48. The van der Waals surface area contributed by atoms with Gasteiger partial charge in [0, 0.05) is 24.3 Å². The van der Waals surface area contributed by atoms with Gasteiger partial charge >= 0.3 is 0 Å². The highest BCUT2D eigenvalue weighted by molar-refractivity contribution is 7.12. The van der Waals surface area contributed by atoms with Crippen molar-refractivity contribution in [2.24, 2.45) is 0 Å². The number of rotatable bonds is 7. The van der Waals surface area contributed by atoms with Crippen molar-refractivity contribution in [1.82, 2.24) is 20.6 Å². The average Bonchev–Trinajstić information content (AvgIpc) is 3.37. The van der Waals surface area contributed by atoms with Crippen molar-refractivity contribution in [1.29, 1.82) is 0 Å². The second-order valence-electron chi connectivity index (χ2n) is 6.53. The fourth-order valence-corrected chi connectivity index (χ4v) is 3.95. The van der Waals surface area contributed by atoms with Gasteiger partial charge in [0.05, 0.1) is 17.4 Å². The molecule has 0 aliphatic heterocycles. The van der Waals surface area contributed by atoms with E-state index in [1.165, 1.54) is 23.5 Å². The fourth-order valence-electron chi connectivity index (χ4n) is 3.20. The van der Waals surface area contributed by atoms with Gasteiger partial charge in [-0.15, -0.1) is 11.3 Å². The molecule has 0 spiro atoms. The first-order valence-electron chi connectivity index (χ1n) is 9.13. The van der Waals surface area contributed by atoms with Gasteiger partial charge in [-0.25, -0.2) is 9.37 Å². The summed E-state index contributed by atoms with van der Waals surface area (Å²) in [5.41, 5.74) is 3.06. The Hall–Kier alpha value is -3.23. The zero-order chi connectivity index (χ0) is 20.2. The minimum absolute atomic E-state index is 0.216. The molecule has 1 atom stereocenters. The molecule has 4 aromatic rings. The number of hydrogen-bond donors (Lipinski definition) is 4. The lowest BCUT2D eigenvalue weighted by Gasteiger charge is -2.19. The molecule has 3 heterocycles. The smallest absolute Gasteiger partial charge is 0.264 e. The molecule has 4 rings (SSSR count).